The SMILES string of the molecule is COCC(=O)Nc1nc(-c2ccc(C)cc2)cs1. The lowest BCUT2D eigenvalue weighted by Crippen LogP contribution is -2.16. The normalized spacial score (nSPS) is 10.3. The second-order valence-electron chi connectivity index (χ2n) is 3.89. The monoisotopic (exact) mass is 262 g/mol. The van der Waals surface area contributed by atoms with Gasteiger partial charge in [-0.1, -0.05) is 29.8 Å². The number of rotatable bonds is 4. The van der Waals surface area contributed by atoms with E-state index in [1.54, 1.807) is 0 Å². The van der Waals surface area contributed by atoms with E-state index >= 15 is 0 Å². The van der Waals surface area contributed by atoms with Crippen LogP contribution in [0.25, 0.3) is 11.3 Å². The van der Waals surface area contributed by atoms with E-state index < -0.39 is 0 Å². The van der Waals surface area contributed by atoms with Crippen molar-refractivity contribution in [3.8, 4) is 11.3 Å². The van der Waals surface area contributed by atoms with Crippen molar-refractivity contribution in [1.29, 1.82) is 0 Å². The number of anilines is 1. The molecule has 1 aromatic heterocycles. The smallest absolute Gasteiger partial charge is 0.252 e. The Balaban J connectivity index is 2.10. The minimum atomic E-state index is -0.192. The van der Waals surface area contributed by atoms with Crippen LogP contribution in [0.5, 0.6) is 0 Å². The van der Waals surface area contributed by atoms with Crippen LogP contribution in [0.1, 0.15) is 5.56 Å². The highest BCUT2D eigenvalue weighted by Crippen LogP contribution is 2.24. The lowest BCUT2D eigenvalue weighted by atomic mass is 10.1. The molecular formula is C13H14N2O2S. The predicted molar refractivity (Wildman–Crippen MR) is 72.8 cm³/mol. The summed E-state index contributed by atoms with van der Waals surface area (Å²) in [5.41, 5.74) is 3.12. The molecule has 0 fully saturated rings. The molecule has 2 aromatic rings. The Labute approximate surface area is 110 Å². The lowest BCUT2D eigenvalue weighted by molar-refractivity contribution is -0.119. The molecule has 18 heavy (non-hydrogen) atoms. The van der Waals surface area contributed by atoms with E-state index in [0.29, 0.717) is 5.13 Å². The van der Waals surface area contributed by atoms with Gasteiger partial charge in [-0.3, -0.25) is 10.1 Å². The molecule has 2 rings (SSSR count). The average Bonchev–Trinajstić information content (AvgIpc) is 2.78. The number of benzene rings is 1. The van der Waals surface area contributed by atoms with Gasteiger partial charge in [0, 0.05) is 18.1 Å². The van der Waals surface area contributed by atoms with Gasteiger partial charge in [0.05, 0.1) is 5.69 Å². The van der Waals surface area contributed by atoms with Gasteiger partial charge in [0.1, 0.15) is 6.61 Å². The number of carbonyl (C=O) groups excluding carboxylic acids is 1. The molecule has 5 heteroatoms. The molecule has 0 aliphatic carbocycles. The molecule has 94 valence electrons. The van der Waals surface area contributed by atoms with Crippen molar-refractivity contribution in [2.45, 2.75) is 6.92 Å². The Hall–Kier alpha value is -1.72. The molecule has 0 saturated carbocycles. The molecule has 0 unspecified atom stereocenters. The molecule has 1 amide bonds. The second-order valence-corrected chi connectivity index (χ2v) is 4.74. The van der Waals surface area contributed by atoms with Crippen molar-refractivity contribution in [1.82, 2.24) is 4.98 Å². The molecule has 1 N–H and O–H groups in total. The number of aromatic nitrogens is 1. The largest absolute Gasteiger partial charge is 0.375 e. The van der Waals surface area contributed by atoms with E-state index in [9.17, 15) is 4.79 Å². The topological polar surface area (TPSA) is 51.2 Å². The first-order chi connectivity index (χ1) is 8.69. The molecule has 0 radical (unpaired) electrons. The van der Waals surface area contributed by atoms with Crippen LogP contribution in [0, 0.1) is 6.92 Å². The molecule has 0 bridgehead atoms. The number of thiazole rings is 1. The fourth-order valence-corrected chi connectivity index (χ4v) is 2.21. The second kappa shape index (κ2) is 5.75. The van der Waals surface area contributed by atoms with Gasteiger partial charge < -0.3 is 4.74 Å². The predicted octanol–water partition coefficient (Wildman–Crippen LogP) is 2.70. The number of methoxy groups -OCH3 is 1. The van der Waals surface area contributed by atoms with Crippen LogP contribution >= 0.6 is 11.3 Å². The fraction of sp³-hybridized carbons (Fsp3) is 0.231. The first-order valence-corrected chi connectivity index (χ1v) is 6.38. The number of nitrogens with one attached hydrogen (secondary N) is 1. The van der Waals surface area contributed by atoms with Gasteiger partial charge in [0.2, 0.25) is 0 Å². The van der Waals surface area contributed by atoms with Gasteiger partial charge in [-0.15, -0.1) is 11.3 Å². The zero-order chi connectivity index (χ0) is 13.0. The summed E-state index contributed by atoms with van der Waals surface area (Å²) in [5, 5.41) is 5.20. The van der Waals surface area contributed by atoms with Crippen LogP contribution < -0.4 is 5.32 Å². The van der Waals surface area contributed by atoms with Crippen LogP contribution in [0.4, 0.5) is 5.13 Å². The van der Waals surface area contributed by atoms with Crippen LogP contribution in [-0.2, 0) is 9.53 Å². The van der Waals surface area contributed by atoms with E-state index in [0.717, 1.165) is 11.3 Å². The third-order valence-electron chi connectivity index (χ3n) is 2.37. The molecule has 0 spiro atoms. The van der Waals surface area contributed by atoms with Crippen molar-refractivity contribution in [2.24, 2.45) is 0 Å². The molecule has 1 heterocycles. The highest BCUT2D eigenvalue weighted by molar-refractivity contribution is 7.14. The van der Waals surface area contributed by atoms with E-state index in [1.807, 2.05) is 36.6 Å². The maximum atomic E-state index is 11.3. The van der Waals surface area contributed by atoms with Gasteiger partial charge in [-0.25, -0.2) is 4.98 Å². The average molecular weight is 262 g/mol. The zero-order valence-corrected chi connectivity index (χ0v) is 11.1. The van der Waals surface area contributed by atoms with Crippen molar-refractivity contribution in [2.75, 3.05) is 19.0 Å². The fourth-order valence-electron chi connectivity index (χ4n) is 1.47. The van der Waals surface area contributed by atoms with E-state index in [4.69, 9.17) is 4.74 Å². The van der Waals surface area contributed by atoms with Crippen molar-refractivity contribution in [3.63, 3.8) is 0 Å². The lowest BCUT2D eigenvalue weighted by Gasteiger charge is -1.99. The number of carbonyl (C=O) groups is 1. The third-order valence-corrected chi connectivity index (χ3v) is 3.13. The van der Waals surface area contributed by atoms with Gasteiger partial charge in [-0.05, 0) is 6.92 Å². The Morgan fingerprint density at radius 1 is 1.39 bits per heavy atom. The molecule has 0 atom stereocenters. The molecule has 0 aliphatic heterocycles. The standard InChI is InChI=1S/C13H14N2O2S/c1-9-3-5-10(6-4-9)11-8-18-13(14-11)15-12(16)7-17-2/h3-6,8H,7H2,1-2H3,(H,14,15,16). The van der Waals surface area contributed by atoms with Crippen molar-refractivity contribution < 1.29 is 9.53 Å². The molecule has 1 aromatic carbocycles. The van der Waals surface area contributed by atoms with Crippen LogP contribution in [0.15, 0.2) is 29.6 Å². The molecule has 4 nitrogen and oxygen atoms in total. The summed E-state index contributed by atoms with van der Waals surface area (Å²) in [7, 11) is 1.49. The van der Waals surface area contributed by atoms with Gasteiger partial charge in [0.15, 0.2) is 5.13 Å². The summed E-state index contributed by atoms with van der Waals surface area (Å²) in [6.07, 6.45) is 0. The van der Waals surface area contributed by atoms with Gasteiger partial charge >= 0.3 is 0 Å². The Morgan fingerprint density at radius 2 is 2.11 bits per heavy atom. The van der Waals surface area contributed by atoms with Gasteiger partial charge in [0.25, 0.3) is 5.91 Å². The summed E-state index contributed by atoms with van der Waals surface area (Å²) in [4.78, 5) is 15.7. The van der Waals surface area contributed by atoms with Crippen molar-refractivity contribution in [3.05, 3.63) is 35.2 Å². The Morgan fingerprint density at radius 3 is 2.78 bits per heavy atom. The highest BCUT2D eigenvalue weighted by atomic mass is 32.1. The molecular weight excluding hydrogens is 248 g/mol. The summed E-state index contributed by atoms with van der Waals surface area (Å²) < 4.78 is 4.75. The summed E-state index contributed by atoms with van der Waals surface area (Å²) in [6, 6.07) is 8.12. The Kier molecular flexibility index (Phi) is 4.07. The van der Waals surface area contributed by atoms with Gasteiger partial charge in [-0.2, -0.15) is 0 Å². The summed E-state index contributed by atoms with van der Waals surface area (Å²) >= 11 is 1.40. The number of hydrogen-bond acceptors (Lipinski definition) is 4. The summed E-state index contributed by atoms with van der Waals surface area (Å²) in [5.74, 6) is -0.192. The van der Waals surface area contributed by atoms with Crippen molar-refractivity contribution >= 4 is 22.4 Å². The van der Waals surface area contributed by atoms with Crippen LogP contribution in [-0.4, -0.2) is 24.6 Å². The number of hydrogen-bond donors (Lipinski definition) is 1. The van der Waals surface area contributed by atoms with E-state index in [-0.39, 0.29) is 12.5 Å². The molecule has 0 aliphatic rings. The number of aryl methyl sites for hydroxylation is 1. The zero-order valence-electron chi connectivity index (χ0n) is 10.3. The number of ether oxygens (including phenoxy) is 1. The quantitative estimate of drug-likeness (QED) is 0.921. The van der Waals surface area contributed by atoms with E-state index in [2.05, 4.69) is 10.3 Å². The van der Waals surface area contributed by atoms with E-state index in [1.165, 1.54) is 24.0 Å². The first-order valence-electron chi connectivity index (χ1n) is 5.50. The Bertz CT molecular complexity index is 534. The minimum Gasteiger partial charge on any atom is -0.375 e. The van der Waals surface area contributed by atoms with Crippen LogP contribution in [0.2, 0.25) is 0 Å². The number of nitrogens with zero attached hydrogens (tertiary/aromatic N) is 1. The van der Waals surface area contributed by atoms with Crippen LogP contribution in [0.3, 0.4) is 0 Å². The third kappa shape index (κ3) is 3.15. The maximum Gasteiger partial charge on any atom is 0.252 e. The first kappa shape index (κ1) is 12.7. The minimum absolute atomic E-state index is 0.0411. The molecule has 0 saturated heterocycles. The number of amides is 1. The summed E-state index contributed by atoms with van der Waals surface area (Å²) in [6.45, 7) is 2.08. The highest BCUT2D eigenvalue weighted by Gasteiger charge is 2.07. The maximum absolute atomic E-state index is 11.3.